The number of anilines is 2. The minimum absolute atomic E-state index is 0.0160. The Hall–Kier alpha value is -2.98. The van der Waals surface area contributed by atoms with Gasteiger partial charge in [-0.25, -0.2) is 4.39 Å². The number of hydrogen-bond donors (Lipinski definition) is 2. The van der Waals surface area contributed by atoms with Gasteiger partial charge in [0.2, 0.25) is 5.91 Å². The summed E-state index contributed by atoms with van der Waals surface area (Å²) in [4.78, 5) is 14.5. The first-order chi connectivity index (χ1) is 16.1. The summed E-state index contributed by atoms with van der Waals surface area (Å²) in [6.45, 7) is 1.78. The number of alkyl halides is 3. The van der Waals surface area contributed by atoms with Gasteiger partial charge in [0.05, 0.1) is 18.2 Å². The van der Waals surface area contributed by atoms with Gasteiger partial charge in [0.15, 0.2) is 0 Å². The van der Waals surface area contributed by atoms with Crippen LogP contribution in [0.15, 0.2) is 42.5 Å². The fourth-order valence-corrected chi connectivity index (χ4v) is 4.50. The highest BCUT2D eigenvalue weighted by Gasteiger charge is 2.41. The molecule has 0 aliphatic carbocycles. The maximum atomic E-state index is 13.2. The Morgan fingerprint density at radius 1 is 1.18 bits per heavy atom. The van der Waals surface area contributed by atoms with Crippen molar-refractivity contribution in [2.45, 2.75) is 12.4 Å². The van der Waals surface area contributed by atoms with Crippen LogP contribution in [-0.2, 0) is 9.53 Å². The molecule has 1 amide bonds. The average Bonchev–Trinajstić information content (AvgIpc) is 2.75. The summed E-state index contributed by atoms with van der Waals surface area (Å²) in [5.41, 5.74) is 6.92. The maximum Gasteiger partial charge on any atom is 0.573 e. The Morgan fingerprint density at radius 3 is 2.44 bits per heavy atom. The summed E-state index contributed by atoms with van der Waals surface area (Å²) >= 11 is 5.79. The molecule has 4 rings (SSSR count). The number of nitrogen functional groups attached to an aromatic ring is 1. The van der Waals surface area contributed by atoms with Gasteiger partial charge in [-0.2, -0.15) is 0 Å². The second-order valence-electron chi connectivity index (χ2n) is 8.27. The van der Waals surface area contributed by atoms with Crippen LogP contribution in [0.3, 0.4) is 0 Å². The van der Waals surface area contributed by atoms with Crippen LogP contribution < -0.4 is 15.8 Å². The van der Waals surface area contributed by atoms with Crippen LogP contribution >= 0.6 is 11.6 Å². The molecule has 34 heavy (non-hydrogen) atoms. The van der Waals surface area contributed by atoms with Crippen LogP contribution in [0.1, 0.15) is 5.56 Å². The Balaban J connectivity index is 1.44. The van der Waals surface area contributed by atoms with E-state index >= 15 is 0 Å². The van der Waals surface area contributed by atoms with E-state index in [4.69, 9.17) is 22.1 Å². The minimum Gasteiger partial charge on any atom is -0.404 e. The number of fused-ring (bicyclic) bond motifs is 2. The summed E-state index contributed by atoms with van der Waals surface area (Å²) in [5, 5.41) is 3.14. The topological polar surface area (TPSA) is 76.8 Å². The van der Waals surface area contributed by atoms with E-state index < -0.39 is 12.1 Å². The first kappa shape index (κ1) is 24.2. The predicted molar refractivity (Wildman–Crippen MR) is 120 cm³/mol. The van der Waals surface area contributed by atoms with E-state index in [1.54, 1.807) is 17.0 Å². The molecule has 2 fully saturated rings. The minimum atomic E-state index is -4.91. The van der Waals surface area contributed by atoms with Gasteiger partial charge in [-0.1, -0.05) is 11.6 Å². The lowest BCUT2D eigenvalue weighted by Crippen LogP contribution is -2.59. The summed E-state index contributed by atoms with van der Waals surface area (Å²) in [7, 11) is 0. The van der Waals surface area contributed by atoms with E-state index in [1.165, 1.54) is 24.3 Å². The molecule has 1 unspecified atom stereocenters. The maximum absolute atomic E-state index is 13.2. The van der Waals surface area contributed by atoms with Crippen LogP contribution in [0, 0.1) is 17.7 Å². The summed E-state index contributed by atoms with van der Waals surface area (Å²) < 4.78 is 60.5. The number of carbonyl (C=O) groups is 1. The molecule has 3 N–H and O–H groups in total. The van der Waals surface area contributed by atoms with Gasteiger partial charge < -0.3 is 25.4 Å². The van der Waals surface area contributed by atoms with Crippen LogP contribution in [0.5, 0.6) is 5.75 Å². The molecule has 2 aromatic carbocycles. The van der Waals surface area contributed by atoms with Gasteiger partial charge in [-0.3, -0.25) is 4.79 Å². The molecule has 0 radical (unpaired) electrons. The largest absolute Gasteiger partial charge is 0.573 e. The van der Waals surface area contributed by atoms with Gasteiger partial charge >= 0.3 is 6.36 Å². The number of nitrogens with two attached hydrogens (primary N) is 1. The van der Waals surface area contributed by atoms with Crippen molar-refractivity contribution >= 4 is 35.0 Å². The molecule has 2 aliphatic heterocycles. The summed E-state index contributed by atoms with van der Waals surface area (Å²) in [5.74, 6) is -1.19. The molecule has 6 nitrogen and oxygen atoms in total. The summed E-state index contributed by atoms with van der Waals surface area (Å²) in [6, 6.07) is 8.33. The van der Waals surface area contributed by atoms with Gasteiger partial charge in [0, 0.05) is 54.0 Å². The van der Waals surface area contributed by atoms with Crippen molar-refractivity contribution in [2.24, 2.45) is 11.8 Å². The lowest BCUT2D eigenvalue weighted by molar-refractivity contribution is -0.274. The number of ether oxygens (including phenoxy) is 2. The highest BCUT2D eigenvalue weighted by Crippen LogP contribution is 2.35. The number of amides is 1. The van der Waals surface area contributed by atoms with E-state index in [2.05, 4.69) is 10.1 Å². The van der Waals surface area contributed by atoms with Crippen LogP contribution in [-0.4, -0.2) is 49.5 Å². The molecule has 2 bridgehead atoms. The predicted octanol–water partition coefficient (Wildman–Crippen LogP) is 4.56. The van der Waals surface area contributed by atoms with Crippen molar-refractivity contribution < 1.29 is 31.8 Å². The lowest BCUT2D eigenvalue weighted by Gasteiger charge is -2.47. The zero-order valence-corrected chi connectivity index (χ0v) is 18.6. The second kappa shape index (κ2) is 9.71. The third-order valence-corrected chi connectivity index (χ3v) is 6.14. The van der Waals surface area contributed by atoms with Crippen LogP contribution in [0.25, 0.3) is 6.08 Å². The van der Waals surface area contributed by atoms with Crippen molar-refractivity contribution in [3.63, 3.8) is 0 Å². The SMILES string of the molecule is Nc1cc(Cl)c(OC(F)(F)F)cc1C=CC(=O)N1C[C@H]2COC[C@@H](C1)C2Nc1ccc(F)cc1. The first-order valence-electron chi connectivity index (χ1n) is 10.5. The molecule has 2 saturated heterocycles. The molecule has 11 heteroatoms. The average molecular weight is 500 g/mol. The molecule has 2 aromatic rings. The molecule has 0 saturated carbocycles. The third kappa shape index (κ3) is 5.74. The van der Waals surface area contributed by atoms with Crippen LogP contribution in [0.2, 0.25) is 5.02 Å². The monoisotopic (exact) mass is 499 g/mol. The first-order valence-corrected chi connectivity index (χ1v) is 10.9. The fraction of sp³-hybridized carbons (Fsp3) is 0.348. The smallest absolute Gasteiger partial charge is 0.404 e. The van der Waals surface area contributed by atoms with E-state index in [0.29, 0.717) is 26.3 Å². The Morgan fingerprint density at radius 2 is 1.82 bits per heavy atom. The number of rotatable bonds is 5. The number of benzene rings is 2. The quantitative estimate of drug-likeness (QED) is 0.358. The van der Waals surface area contributed by atoms with Crippen molar-refractivity contribution in [2.75, 3.05) is 37.4 Å². The molecular formula is C23H22ClF4N3O3. The van der Waals surface area contributed by atoms with Gasteiger partial charge in [-0.15, -0.1) is 13.2 Å². The third-order valence-electron chi connectivity index (χ3n) is 5.85. The van der Waals surface area contributed by atoms with E-state index in [-0.39, 0.29) is 45.9 Å². The number of nitrogens with zero attached hydrogens (tertiary/aromatic N) is 1. The summed E-state index contributed by atoms with van der Waals surface area (Å²) in [6.07, 6.45) is -2.31. The number of nitrogens with one attached hydrogen (secondary N) is 1. The molecule has 3 atom stereocenters. The lowest BCUT2D eigenvalue weighted by atomic mass is 9.82. The molecule has 2 heterocycles. The number of carbonyl (C=O) groups excluding carboxylic acids is 1. The number of hydrogen-bond acceptors (Lipinski definition) is 5. The van der Waals surface area contributed by atoms with Gasteiger partial charge in [0.1, 0.15) is 11.6 Å². The highest BCUT2D eigenvalue weighted by molar-refractivity contribution is 6.32. The zero-order chi connectivity index (χ0) is 24.5. The van der Waals surface area contributed by atoms with Crippen molar-refractivity contribution in [1.29, 1.82) is 0 Å². The van der Waals surface area contributed by atoms with Crippen molar-refractivity contribution in [3.8, 4) is 5.75 Å². The fourth-order valence-electron chi connectivity index (χ4n) is 4.29. The van der Waals surface area contributed by atoms with Crippen LogP contribution in [0.4, 0.5) is 28.9 Å². The second-order valence-corrected chi connectivity index (χ2v) is 8.68. The molecular weight excluding hydrogens is 478 g/mol. The number of halogens is 5. The highest BCUT2D eigenvalue weighted by atomic mass is 35.5. The molecule has 0 aromatic heterocycles. The number of piperidine rings is 1. The molecule has 2 aliphatic rings. The number of likely N-dealkylation sites (tertiary alicyclic amines) is 1. The van der Waals surface area contributed by atoms with Gasteiger partial charge in [-0.05, 0) is 42.5 Å². The normalized spacial score (nSPS) is 22.6. The van der Waals surface area contributed by atoms with Gasteiger partial charge in [0.25, 0.3) is 0 Å². The Labute approximate surface area is 198 Å². The van der Waals surface area contributed by atoms with Crippen molar-refractivity contribution in [1.82, 2.24) is 4.90 Å². The van der Waals surface area contributed by atoms with Crippen molar-refractivity contribution in [3.05, 3.63) is 58.9 Å². The van der Waals surface area contributed by atoms with E-state index in [1.807, 2.05) is 0 Å². The Kier molecular flexibility index (Phi) is 6.90. The molecule has 182 valence electrons. The van der Waals surface area contributed by atoms with E-state index in [0.717, 1.165) is 17.8 Å². The standard InChI is InChI=1S/C23H22ClF4N3O3/c24-18-8-19(29)13(7-20(18)34-23(26,27)28)1-6-21(32)31-9-14-11-33-12-15(10-31)22(14)30-17-4-2-16(25)3-5-17/h1-8,14-15,22,30H,9-12,29H2/t14-,15+,22?. The van der Waals surface area contributed by atoms with E-state index in [9.17, 15) is 22.4 Å². The Bertz CT molecular complexity index is 1060. The zero-order valence-electron chi connectivity index (χ0n) is 17.8. The molecule has 0 spiro atoms.